The van der Waals surface area contributed by atoms with Crippen LogP contribution in [0.2, 0.25) is 0 Å². The molecule has 1 atom stereocenters. The molecule has 0 amide bonds. The van der Waals surface area contributed by atoms with Crippen LogP contribution in [0.4, 0.5) is 14.5 Å². The molecule has 9 heteroatoms. The van der Waals surface area contributed by atoms with Gasteiger partial charge in [-0.3, -0.25) is 9.67 Å². The maximum atomic E-state index is 13.9. The summed E-state index contributed by atoms with van der Waals surface area (Å²) in [4.78, 5) is 5.94. The van der Waals surface area contributed by atoms with Crippen LogP contribution in [0.5, 0.6) is 0 Å². The molecule has 6 nitrogen and oxygen atoms in total. The number of hydrogen-bond donors (Lipinski definition) is 2. The highest BCUT2D eigenvalue weighted by Gasteiger charge is 2.27. The van der Waals surface area contributed by atoms with Crippen LogP contribution >= 0.6 is 24.0 Å². The molecule has 0 radical (unpaired) electrons. The van der Waals surface area contributed by atoms with Gasteiger partial charge in [0.25, 0.3) is 0 Å². The lowest BCUT2D eigenvalue weighted by Gasteiger charge is -2.21. The van der Waals surface area contributed by atoms with Crippen LogP contribution in [0.15, 0.2) is 41.7 Å². The fourth-order valence-corrected chi connectivity index (χ4v) is 2.98. The Balaban J connectivity index is 0.00000243. The molecule has 2 aromatic rings. The number of para-hydroxylation sites is 1. The molecular formula is C17H23F2IN6. The van der Waals surface area contributed by atoms with Gasteiger partial charge in [-0.1, -0.05) is 6.07 Å². The summed E-state index contributed by atoms with van der Waals surface area (Å²) in [7, 11) is 1.70. The van der Waals surface area contributed by atoms with Crippen LogP contribution < -0.4 is 15.5 Å². The van der Waals surface area contributed by atoms with E-state index in [2.05, 4.69) is 20.7 Å². The van der Waals surface area contributed by atoms with E-state index in [4.69, 9.17) is 0 Å². The van der Waals surface area contributed by atoms with E-state index in [1.807, 2.05) is 16.9 Å². The average Bonchev–Trinajstić information content (AvgIpc) is 3.26. The van der Waals surface area contributed by atoms with E-state index in [0.717, 1.165) is 13.0 Å². The van der Waals surface area contributed by atoms with Gasteiger partial charge in [0, 0.05) is 45.1 Å². The maximum Gasteiger partial charge on any atom is 0.191 e. The second kappa shape index (κ2) is 9.70. The Bertz CT molecular complexity index is 702. The van der Waals surface area contributed by atoms with Crippen molar-refractivity contribution >= 4 is 35.6 Å². The number of benzene rings is 1. The van der Waals surface area contributed by atoms with Gasteiger partial charge in [0.2, 0.25) is 0 Å². The summed E-state index contributed by atoms with van der Waals surface area (Å²) < 4.78 is 29.7. The zero-order chi connectivity index (χ0) is 17.6. The van der Waals surface area contributed by atoms with E-state index in [1.165, 1.54) is 18.2 Å². The van der Waals surface area contributed by atoms with Gasteiger partial charge in [0.1, 0.15) is 17.3 Å². The lowest BCUT2D eigenvalue weighted by molar-refractivity contribution is 0.574. The number of rotatable bonds is 5. The predicted molar refractivity (Wildman–Crippen MR) is 109 cm³/mol. The third-order valence-electron chi connectivity index (χ3n) is 4.20. The first kappa shape index (κ1) is 20.4. The third-order valence-corrected chi connectivity index (χ3v) is 4.20. The highest BCUT2D eigenvalue weighted by molar-refractivity contribution is 14.0. The molecule has 2 heterocycles. The van der Waals surface area contributed by atoms with Crippen molar-refractivity contribution < 1.29 is 8.78 Å². The maximum absolute atomic E-state index is 13.9. The number of guanidine groups is 1. The van der Waals surface area contributed by atoms with Crippen molar-refractivity contribution in [3.8, 4) is 0 Å². The molecule has 1 aromatic heterocycles. The number of aromatic nitrogens is 2. The normalized spacial score (nSPS) is 17.1. The lowest BCUT2D eigenvalue weighted by atomic mass is 10.2. The van der Waals surface area contributed by atoms with E-state index in [9.17, 15) is 8.78 Å². The Hall–Kier alpha value is -1.91. The van der Waals surface area contributed by atoms with Crippen molar-refractivity contribution in [2.75, 3.05) is 31.6 Å². The standard InChI is InChI=1S/C17H22F2N6.HI/c1-20-17(21-8-11-25-9-3-7-22-25)23-13-6-10-24(12-13)16-14(18)4-2-5-15(16)19;/h2-5,7,9,13H,6,8,10-12H2,1H3,(H2,20,21,23);1H. The first-order valence-corrected chi connectivity index (χ1v) is 8.31. The zero-order valence-corrected chi connectivity index (χ0v) is 16.9. The molecule has 0 spiro atoms. The zero-order valence-electron chi connectivity index (χ0n) is 14.5. The van der Waals surface area contributed by atoms with E-state index < -0.39 is 11.6 Å². The smallest absolute Gasteiger partial charge is 0.191 e. The molecule has 1 unspecified atom stereocenters. The molecule has 1 aliphatic rings. The summed E-state index contributed by atoms with van der Waals surface area (Å²) in [5.41, 5.74) is 0.0495. The summed E-state index contributed by atoms with van der Waals surface area (Å²) in [6.45, 7) is 2.53. The summed E-state index contributed by atoms with van der Waals surface area (Å²) in [6, 6.07) is 5.91. The Kier molecular flexibility index (Phi) is 7.61. The van der Waals surface area contributed by atoms with E-state index in [1.54, 1.807) is 18.1 Å². The van der Waals surface area contributed by atoms with E-state index in [0.29, 0.717) is 25.6 Å². The van der Waals surface area contributed by atoms with Gasteiger partial charge in [-0.2, -0.15) is 5.10 Å². The van der Waals surface area contributed by atoms with Gasteiger partial charge in [-0.05, 0) is 24.6 Å². The summed E-state index contributed by atoms with van der Waals surface area (Å²) in [5, 5.41) is 10.7. The molecule has 142 valence electrons. The van der Waals surface area contributed by atoms with Crippen molar-refractivity contribution in [2.45, 2.75) is 19.0 Å². The molecule has 3 rings (SSSR count). The van der Waals surface area contributed by atoms with Gasteiger partial charge in [-0.25, -0.2) is 8.78 Å². The molecule has 0 bridgehead atoms. The quantitative estimate of drug-likeness (QED) is 0.395. The second-order valence-corrected chi connectivity index (χ2v) is 5.91. The number of nitrogens with zero attached hydrogens (tertiary/aromatic N) is 4. The number of anilines is 1. The van der Waals surface area contributed by atoms with Crippen LogP contribution in [-0.2, 0) is 6.54 Å². The number of nitrogens with one attached hydrogen (secondary N) is 2. The van der Waals surface area contributed by atoms with Crippen molar-refractivity contribution in [1.82, 2.24) is 20.4 Å². The van der Waals surface area contributed by atoms with Crippen LogP contribution in [0, 0.1) is 11.6 Å². The fourth-order valence-electron chi connectivity index (χ4n) is 2.98. The van der Waals surface area contributed by atoms with Crippen molar-refractivity contribution in [3.05, 3.63) is 48.3 Å². The van der Waals surface area contributed by atoms with Crippen LogP contribution in [-0.4, -0.2) is 48.5 Å². The molecular weight excluding hydrogens is 453 g/mol. The molecule has 1 fully saturated rings. The Morgan fingerprint density at radius 2 is 2.08 bits per heavy atom. The third kappa shape index (κ3) is 5.05. The summed E-state index contributed by atoms with van der Waals surface area (Å²) in [6.07, 6.45) is 4.42. The summed E-state index contributed by atoms with van der Waals surface area (Å²) in [5.74, 6) is -0.377. The first-order chi connectivity index (χ1) is 12.2. The SMILES string of the molecule is CN=C(NCCn1cccn1)NC1CCN(c2c(F)cccc2F)C1.I. The monoisotopic (exact) mass is 476 g/mol. The number of hydrogen-bond acceptors (Lipinski definition) is 3. The topological polar surface area (TPSA) is 57.5 Å². The number of aliphatic imine (C=N–C) groups is 1. The van der Waals surface area contributed by atoms with Gasteiger partial charge >= 0.3 is 0 Å². The van der Waals surface area contributed by atoms with Gasteiger partial charge in [-0.15, -0.1) is 24.0 Å². The fraction of sp³-hybridized carbons (Fsp3) is 0.412. The van der Waals surface area contributed by atoms with Crippen LogP contribution in [0.1, 0.15) is 6.42 Å². The first-order valence-electron chi connectivity index (χ1n) is 8.31. The van der Waals surface area contributed by atoms with Crippen molar-refractivity contribution in [2.24, 2.45) is 4.99 Å². The van der Waals surface area contributed by atoms with Crippen LogP contribution in [0.3, 0.4) is 0 Å². The van der Waals surface area contributed by atoms with Gasteiger partial charge < -0.3 is 15.5 Å². The minimum atomic E-state index is -0.526. The molecule has 0 saturated carbocycles. The predicted octanol–water partition coefficient (Wildman–Crippen LogP) is 2.22. The minimum Gasteiger partial charge on any atom is -0.365 e. The molecule has 1 saturated heterocycles. The Morgan fingerprint density at radius 3 is 2.73 bits per heavy atom. The molecule has 2 N–H and O–H groups in total. The number of halogens is 3. The summed E-state index contributed by atoms with van der Waals surface area (Å²) >= 11 is 0. The highest BCUT2D eigenvalue weighted by Crippen LogP contribution is 2.26. The second-order valence-electron chi connectivity index (χ2n) is 5.91. The molecule has 1 aromatic carbocycles. The van der Waals surface area contributed by atoms with Gasteiger partial charge in [0.15, 0.2) is 5.96 Å². The van der Waals surface area contributed by atoms with Crippen molar-refractivity contribution in [3.63, 3.8) is 0 Å². The molecule has 1 aliphatic heterocycles. The Labute approximate surface area is 168 Å². The van der Waals surface area contributed by atoms with E-state index >= 15 is 0 Å². The molecule has 26 heavy (non-hydrogen) atoms. The Morgan fingerprint density at radius 1 is 1.31 bits per heavy atom. The lowest BCUT2D eigenvalue weighted by Crippen LogP contribution is -2.45. The largest absolute Gasteiger partial charge is 0.365 e. The van der Waals surface area contributed by atoms with Gasteiger partial charge in [0.05, 0.1) is 6.54 Å². The van der Waals surface area contributed by atoms with Crippen LogP contribution in [0.25, 0.3) is 0 Å². The molecule has 0 aliphatic carbocycles. The van der Waals surface area contributed by atoms with Crippen molar-refractivity contribution in [1.29, 1.82) is 0 Å². The minimum absolute atomic E-state index is 0. The average molecular weight is 476 g/mol. The highest BCUT2D eigenvalue weighted by atomic mass is 127. The van der Waals surface area contributed by atoms with E-state index in [-0.39, 0.29) is 35.7 Å².